The quantitative estimate of drug-likeness (QED) is 0.563. The van der Waals surface area contributed by atoms with Gasteiger partial charge in [-0.25, -0.2) is 14.6 Å². The summed E-state index contributed by atoms with van der Waals surface area (Å²) in [5.41, 5.74) is -0.305. The second-order valence-electron chi connectivity index (χ2n) is 8.40. The van der Waals surface area contributed by atoms with E-state index in [1.54, 1.807) is 20.8 Å². The van der Waals surface area contributed by atoms with Crippen molar-refractivity contribution in [1.29, 1.82) is 0 Å². The first-order valence-electron chi connectivity index (χ1n) is 10.1. The van der Waals surface area contributed by atoms with Crippen LogP contribution in [-0.4, -0.2) is 29.1 Å². The van der Waals surface area contributed by atoms with Crippen LogP contribution in [-0.2, 0) is 20.7 Å². The lowest BCUT2D eigenvalue weighted by Gasteiger charge is -2.23. The molecule has 160 valence electrons. The van der Waals surface area contributed by atoms with Crippen LogP contribution in [0.1, 0.15) is 44.4 Å². The molecule has 1 N–H and O–H groups in total. The van der Waals surface area contributed by atoms with Gasteiger partial charge in [0.25, 0.3) is 0 Å². The Bertz CT molecular complexity index is 1000. The summed E-state index contributed by atoms with van der Waals surface area (Å²) >= 11 is 0. The van der Waals surface area contributed by atoms with Crippen molar-refractivity contribution < 1.29 is 19.1 Å². The van der Waals surface area contributed by atoms with Crippen LogP contribution in [0.4, 0.5) is 4.79 Å². The Morgan fingerprint density at radius 1 is 1.16 bits per heavy atom. The third-order valence-corrected chi connectivity index (χ3v) is 4.68. The van der Waals surface area contributed by atoms with E-state index in [1.807, 2.05) is 60.7 Å². The molecular weight excluding hydrogens is 392 g/mol. The van der Waals surface area contributed by atoms with Crippen LogP contribution in [0, 0.1) is 12.3 Å². The molecule has 0 saturated carbocycles. The third-order valence-electron chi connectivity index (χ3n) is 4.68. The summed E-state index contributed by atoms with van der Waals surface area (Å²) in [4.78, 5) is 30.1. The molecule has 0 radical (unpaired) electrons. The Labute approximate surface area is 182 Å². The molecule has 0 unspecified atom stereocenters. The summed E-state index contributed by atoms with van der Waals surface area (Å²) in [5.74, 6) is 2.11. The van der Waals surface area contributed by atoms with Gasteiger partial charge in [-0.2, -0.15) is 0 Å². The van der Waals surface area contributed by atoms with Gasteiger partial charge in [-0.05, 0) is 31.9 Å². The van der Waals surface area contributed by atoms with Gasteiger partial charge in [0, 0.05) is 12.8 Å². The number of nitrogens with zero attached hydrogens (tertiary/aromatic N) is 1. The maximum absolute atomic E-state index is 13.0. The zero-order valence-corrected chi connectivity index (χ0v) is 17.9. The van der Waals surface area contributed by atoms with Gasteiger partial charge in [0.2, 0.25) is 5.90 Å². The van der Waals surface area contributed by atoms with E-state index < -0.39 is 29.2 Å². The predicted octanol–water partition coefficient (Wildman–Crippen LogP) is 4.21. The van der Waals surface area contributed by atoms with E-state index in [0.29, 0.717) is 12.0 Å². The molecule has 6 heteroatoms. The maximum atomic E-state index is 13.0. The first kappa shape index (κ1) is 22.1. The van der Waals surface area contributed by atoms with Gasteiger partial charge < -0.3 is 14.8 Å². The van der Waals surface area contributed by atoms with Crippen molar-refractivity contribution in [3.8, 4) is 12.3 Å². The number of amides is 1. The first-order valence-corrected chi connectivity index (χ1v) is 10.1. The highest BCUT2D eigenvalue weighted by Gasteiger charge is 2.47. The highest BCUT2D eigenvalue weighted by molar-refractivity contribution is 6.03. The smallest absolute Gasteiger partial charge is 0.408 e. The number of esters is 1. The van der Waals surface area contributed by atoms with E-state index in [-0.39, 0.29) is 12.3 Å². The fourth-order valence-corrected chi connectivity index (χ4v) is 3.34. The normalized spacial score (nSPS) is 19.0. The topological polar surface area (TPSA) is 77.0 Å². The molecule has 31 heavy (non-hydrogen) atoms. The van der Waals surface area contributed by atoms with E-state index in [0.717, 1.165) is 5.56 Å². The van der Waals surface area contributed by atoms with Gasteiger partial charge in [-0.3, -0.25) is 0 Å². The van der Waals surface area contributed by atoms with Crippen molar-refractivity contribution in [3.63, 3.8) is 0 Å². The molecule has 1 heterocycles. The predicted molar refractivity (Wildman–Crippen MR) is 118 cm³/mol. The van der Waals surface area contributed by atoms with Crippen LogP contribution in [0.2, 0.25) is 0 Å². The van der Waals surface area contributed by atoms with E-state index >= 15 is 0 Å². The van der Waals surface area contributed by atoms with Crippen molar-refractivity contribution in [3.05, 3.63) is 71.8 Å². The molecule has 0 fully saturated rings. The average molecular weight is 418 g/mol. The monoisotopic (exact) mass is 418 g/mol. The van der Waals surface area contributed by atoms with Gasteiger partial charge in [0.15, 0.2) is 5.54 Å². The zero-order chi connectivity index (χ0) is 22.5. The fraction of sp³-hybridized carbons (Fsp3) is 0.320. The molecule has 0 saturated heterocycles. The number of hydrogen-bond acceptors (Lipinski definition) is 5. The Hall–Kier alpha value is -3.59. The van der Waals surface area contributed by atoms with Gasteiger partial charge in [-0.1, -0.05) is 60.7 Å². The van der Waals surface area contributed by atoms with Gasteiger partial charge >= 0.3 is 12.1 Å². The number of terminal acetylenes is 1. The molecule has 1 amide bonds. The minimum absolute atomic E-state index is 0.0815. The van der Waals surface area contributed by atoms with E-state index in [9.17, 15) is 9.59 Å². The Morgan fingerprint density at radius 2 is 1.77 bits per heavy atom. The van der Waals surface area contributed by atoms with E-state index in [2.05, 4.69) is 16.2 Å². The van der Waals surface area contributed by atoms with Crippen LogP contribution < -0.4 is 5.32 Å². The Kier molecular flexibility index (Phi) is 6.45. The number of alkyl carbamates (subject to hydrolysis) is 1. The van der Waals surface area contributed by atoms with E-state index in [1.165, 1.54) is 0 Å². The van der Waals surface area contributed by atoms with Crippen molar-refractivity contribution in [2.45, 2.75) is 50.8 Å². The second-order valence-corrected chi connectivity index (χ2v) is 8.40. The molecular formula is C25H26N2O4. The standard InChI is InChI=1S/C25H26N2O4/c1-5-16-25(17-18-12-8-6-9-13-18)22(28)30-21(27-25)20(19-14-10-7-11-15-19)26-23(29)31-24(2,3)4/h1,6-15,20H,16-17H2,2-4H3,(H,26,29)/t20-,25+/m0/s1. The minimum Gasteiger partial charge on any atom is -0.444 e. The number of carbonyl (C=O) groups is 2. The molecule has 1 aliphatic rings. The molecule has 2 aromatic rings. The lowest BCUT2D eigenvalue weighted by Crippen LogP contribution is -2.38. The summed E-state index contributed by atoms with van der Waals surface area (Å²) in [6.07, 6.45) is 5.32. The molecule has 0 aromatic heterocycles. The first-order chi connectivity index (χ1) is 14.7. The number of aliphatic imine (C=N–C) groups is 1. The van der Waals surface area contributed by atoms with Crippen LogP contribution in [0.15, 0.2) is 65.7 Å². The van der Waals surface area contributed by atoms with Crippen LogP contribution in [0.3, 0.4) is 0 Å². The molecule has 2 atom stereocenters. The number of ether oxygens (including phenoxy) is 2. The van der Waals surface area contributed by atoms with Crippen molar-refractivity contribution >= 4 is 18.0 Å². The van der Waals surface area contributed by atoms with Crippen LogP contribution in [0.25, 0.3) is 0 Å². The fourth-order valence-electron chi connectivity index (χ4n) is 3.34. The summed E-state index contributed by atoms with van der Waals surface area (Å²) in [7, 11) is 0. The molecule has 0 bridgehead atoms. The van der Waals surface area contributed by atoms with Crippen LogP contribution in [0.5, 0.6) is 0 Å². The van der Waals surface area contributed by atoms with Gasteiger partial charge in [0.1, 0.15) is 11.6 Å². The summed E-state index contributed by atoms with van der Waals surface area (Å²) < 4.78 is 11.0. The molecule has 1 aliphatic heterocycles. The summed E-state index contributed by atoms with van der Waals surface area (Å²) in [6.45, 7) is 5.32. The van der Waals surface area contributed by atoms with Gasteiger partial charge in [0.05, 0.1) is 0 Å². The van der Waals surface area contributed by atoms with Crippen LogP contribution >= 0.6 is 0 Å². The number of carbonyl (C=O) groups excluding carboxylic acids is 2. The second kappa shape index (κ2) is 9.05. The van der Waals surface area contributed by atoms with Gasteiger partial charge in [-0.15, -0.1) is 12.3 Å². The largest absolute Gasteiger partial charge is 0.444 e. The zero-order valence-electron chi connectivity index (χ0n) is 17.9. The number of cyclic esters (lactones) is 1. The molecule has 3 rings (SSSR count). The maximum Gasteiger partial charge on any atom is 0.408 e. The number of rotatable bonds is 6. The Balaban J connectivity index is 1.97. The highest BCUT2D eigenvalue weighted by Crippen LogP contribution is 2.32. The highest BCUT2D eigenvalue weighted by atomic mass is 16.6. The number of nitrogens with one attached hydrogen (secondary N) is 1. The third kappa shape index (κ3) is 5.52. The van der Waals surface area contributed by atoms with Crippen molar-refractivity contribution in [2.24, 2.45) is 4.99 Å². The lowest BCUT2D eigenvalue weighted by molar-refractivity contribution is -0.139. The molecule has 0 aliphatic carbocycles. The molecule has 2 aromatic carbocycles. The number of hydrogen-bond donors (Lipinski definition) is 1. The SMILES string of the molecule is C#CC[C@]1(Cc2ccccc2)N=C([C@@H](NC(=O)OC(C)(C)C)c2ccccc2)OC1=O. The summed E-state index contributed by atoms with van der Waals surface area (Å²) in [5, 5.41) is 2.78. The van der Waals surface area contributed by atoms with Crippen molar-refractivity contribution in [1.82, 2.24) is 5.32 Å². The molecule has 0 spiro atoms. The minimum atomic E-state index is -1.24. The molecule has 6 nitrogen and oxygen atoms in total. The Morgan fingerprint density at radius 3 is 2.35 bits per heavy atom. The van der Waals surface area contributed by atoms with Crippen molar-refractivity contribution in [2.75, 3.05) is 0 Å². The van der Waals surface area contributed by atoms with E-state index in [4.69, 9.17) is 15.9 Å². The lowest BCUT2D eigenvalue weighted by atomic mass is 9.89. The average Bonchev–Trinajstić information content (AvgIpc) is 3.02. The number of benzene rings is 2. The summed E-state index contributed by atoms with van der Waals surface area (Å²) in [6, 6.07) is 17.8.